The molecule has 94 valence electrons. The molecule has 0 aliphatic rings. The number of amides is 1. The second-order valence-electron chi connectivity index (χ2n) is 3.59. The number of aromatic nitrogens is 1. The molecule has 0 atom stereocenters. The fourth-order valence-electron chi connectivity index (χ4n) is 1.50. The van der Waals surface area contributed by atoms with Gasteiger partial charge in [0.15, 0.2) is 0 Å². The van der Waals surface area contributed by atoms with Crippen molar-refractivity contribution in [2.75, 3.05) is 12.4 Å². The average molecular weight is 326 g/mol. The van der Waals surface area contributed by atoms with Gasteiger partial charge in [-0.2, -0.15) is 0 Å². The molecular formula is C12H12BrN3OS. The summed E-state index contributed by atoms with van der Waals surface area (Å²) in [4.78, 5) is 17.1. The maximum Gasteiger partial charge on any atom is 0.255 e. The first-order chi connectivity index (χ1) is 8.70. The Labute approximate surface area is 118 Å². The van der Waals surface area contributed by atoms with E-state index in [1.54, 1.807) is 36.8 Å². The minimum atomic E-state index is -0.128. The van der Waals surface area contributed by atoms with E-state index in [1.165, 1.54) is 0 Å². The lowest BCUT2D eigenvalue weighted by molar-refractivity contribution is 0.0952. The zero-order valence-corrected chi connectivity index (χ0v) is 12.1. The highest BCUT2D eigenvalue weighted by Crippen LogP contribution is 2.19. The van der Waals surface area contributed by atoms with Crippen molar-refractivity contribution in [3.8, 4) is 0 Å². The van der Waals surface area contributed by atoms with Crippen LogP contribution in [-0.4, -0.2) is 17.9 Å². The summed E-state index contributed by atoms with van der Waals surface area (Å²) in [6, 6.07) is 3.77. The molecule has 0 spiro atoms. The van der Waals surface area contributed by atoms with Crippen LogP contribution in [0.2, 0.25) is 0 Å². The summed E-state index contributed by atoms with van der Waals surface area (Å²) < 4.78 is 1.04. The summed E-state index contributed by atoms with van der Waals surface area (Å²) in [5, 5.41) is 7.84. The number of hydrogen-bond donors (Lipinski definition) is 2. The lowest BCUT2D eigenvalue weighted by atomic mass is 10.2. The molecule has 1 amide bonds. The molecule has 0 saturated carbocycles. The minimum Gasteiger partial charge on any atom is -0.387 e. The third kappa shape index (κ3) is 3.08. The number of anilines is 1. The number of hydrogen-bond acceptors (Lipinski definition) is 4. The molecule has 2 N–H and O–H groups in total. The number of nitrogens with one attached hydrogen (secondary N) is 2. The summed E-state index contributed by atoms with van der Waals surface area (Å²) >= 11 is 4.99. The van der Waals surface area contributed by atoms with E-state index in [1.807, 2.05) is 11.4 Å². The summed E-state index contributed by atoms with van der Waals surface area (Å²) in [6.07, 6.45) is 3.21. The van der Waals surface area contributed by atoms with Gasteiger partial charge in [-0.25, -0.2) is 0 Å². The van der Waals surface area contributed by atoms with Crippen LogP contribution in [0.1, 0.15) is 15.2 Å². The van der Waals surface area contributed by atoms with Crippen molar-refractivity contribution in [3.05, 3.63) is 44.8 Å². The summed E-state index contributed by atoms with van der Waals surface area (Å²) in [6.45, 7) is 0.521. The predicted octanol–water partition coefficient (Wildman–Crippen LogP) is 2.88. The maximum absolute atomic E-state index is 12.0. The maximum atomic E-state index is 12.0. The Kier molecular flexibility index (Phi) is 4.33. The first kappa shape index (κ1) is 13.0. The smallest absolute Gasteiger partial charge is 0.255 e. The molecule has 0 aliphatic carbocycles. The zero-order valence-electron chi connectivity index (χ0n) is 9.74. The Bertz CT molecular complexity index is 556. The van der Waals surface area contributed by atoms with Crippen LogP contribution in [0.5, 0.6) is 0 Å². The van der Waals surface area contributed by atoms with Gasteiger partial charge in [0.25, 0.3) is 5.91 Å². The van der Waals surface area contributed by atoms with Crippen LogP contribution in [0.15, 0.2) is 34.4 Å². The van der Waals surface area contributed by atoms with Crippen LogP contribution in [0.25, 0.3) is 0 Å². The molecule has 6 heteroatoms. The normalized spacial score (nSPS) is 10.1. The molecular weight excluding hydrogens is 314 g/mol. The van der Waals surface area contributed by atoms with Crippen molar-refractivity contribution in [1.82, 2.24) is 10.3 Å². The molecule has 2 heterocycles. The largest absolute Gasteiger partial charge is 0.387 e. The van der Waals surface area contributed by atoms with Gasteiger partial charge in [-0.1, -0.05) is 0 Å². The quantitative estimate of drug-likeness (QED) is 0.908. The molecule has 2 aromatic heterocycles. The van der Waals surface area contributed by atoms with E-state index < -0.39 is 0 Å². The summed E-state index contributed by atoms with van der Waals surface area (Å²) in [5.41, 5.74) is 1.32. The third-order valence-electron chi connectivity index (χ3n) is 2.38. The van der Waals surface area contributed by atoms with Crippen molar-refractivity contribution in [3.63, 3.8) is 0 Å². The van der Waals surface area contributed by atoms with E-state index in [0.717, 1.165) is 15.0 Å². The van der Waals surface area contributed by atoms with Crippen molar-refractivity contribution in [2.24, 2.45) is 0 Å². The first-order valence-corrected chi connectivity index (χ1v) is 7.01. The van der Waals surface area contributed by atoms with Gasteiger partial charge in [0, 0.05) is 39.9 Å². The fourth-order valence-corrected chi connectivity index (χ4v) is 2.89. The van der Waals surface area contributed by atoms with Crippen molar-refractivity contribution < 1.29 is 4.79 Å². The molecule has 2 aromatic rings. The highest BCUT2D eigenvalue weighted by atomic mass is 79.9. The minimum absolute atomic E-state index is 0.128. The predicted molar refractivity (Wildman–Crippen MR) is 77.0 cm³/mol. The summed E-state index contributed by atoms with van der Waals surface area (Å²) in [7, 11) is 1.78. The topological polar surface area (TPSA) is 54.0 Å². The molecule has 18 heavy (non-hydrogen) atoms. The molecule has 0 aliphatic heterocycles. The van der Waals surface area contributed by atoms with E-state index in [4.69, 9.17) is 0 Å². The zero-order chi connectivity index (χ0) is 13.0. The number of pyridine rings is 1. The van der Waals surface area contributed by atoms with E-state index in [-0.39, 0.29) is 5.91 Å². The second-order valence-corrected chi connectivity index (χ2v) is 5.50. The van der Waals surface area contributed by atoms with E-state index in [9.17, 15) is 4.79 Å². The molecule has 0 fully saturated rings. The number of carbonyl (C=O) groups excluding carboxylic acids is 1. The molecule has 2 rings (SSSR count). The van der Waals surface area contributed by atoms with Gasteiger partial charge in [0.1, 0.15) is 0 Å². The Balaban J connectivity index is 2.03. The van der Waals surface area contributed by atoms with E-state index >= 15 is 0 Å². The number of thiophene rings is 1. The Morgan fingerprint density at radius 2 is 2.39 bits per heavy atom. The molecule has 0 radical (unpaired) electrons. The first-order valence-electron chi connectivity index (χ1n) is 5.33. The number of nitrogens with zero attached hydrogens (tertiary/aromatic N) is 1. The van der Waals surface area contributed by atoms with Gasteiger partial charge in [0.05, 0.1) is 12.1 Å². The Morgan fingerprint density at radius 3 is 3.06 bits per heavy atom. The molecule has 4 nitrogen and oxygen atoms in total. The molecule has 0 saturated heterocycles. The van der Waals surface area contributed by atoms with Crippen molar-refractivity contribution >= 4 is 38.9 Å². The van der Waals surface area contributed by atoms with Gasteiger partial charge in [-0.05, 0) is 28.1 Å². The highest BCUT2D eigenvalue weighted by Gasteiger charge is 2.10. The van der Waals surface area contributed by atoms with E-state index in [2.05, 4.69) is 31.5 Å². The summed E-state index contributed by atoms with van der Waals surface area (Å²) in [5.74, 6) is -0.128. The Morgan fingerprint density at radius 1 is 1.56 bits per heavy atom. The van der Waals surface area contributed by atoms with Gasteiger partial charge >= 0.3 is 0 Å². The van der Waals surface area contributed by atoms with Gasteiger partial charge < -0.3 is 10.6 Å². The monoisotopic (exact) mass is 325 g/mol. The van der Waals surface area contributed by atoms with Crippen LogP contribution in [0.4, 0.5) is 5.69 Å². The van der Waals surface area contributed by atoms with Crippen LogP contribution < -0.4 is 10.6 Å². The number of rotatable bonds is 4. The van der Waals surface area contributed by atoms with Crippen molar-refractivity contribution in [1.29, 1.82) is 0 Å². The average Bonchev–Trinajstić information content (AvgIpc) is 2.81. The molecule has 0 unspecified atom stereocenters. The second kappa shape index (κ2) is 5.97. The number of halogens is 1. The lowest BCUT2D eigenvalue weighted by Crippen LogP contribution is -2.23. The Hall–Kier alpha value is -1.40. The number of carbonyl (C=O) groups is 1. The highest BCUT2D eigenvalue weighted by molar-refractivity contribution is 9.10. The lowest BCUT2D eigenvalue weighted by Gasteiger charge is -2.08. The van der Waals surface area contributed by atoms with Crippen LogP contribution in [0.3, 0.4) is 0 Å². The van der Waals surface area contributed by atoms with Crippen LogP contribution >= 0.6 is 27.3 Å². The van der Waals surface area contributed by atoms with Crippen LogP contribution in [0, 0.1) is 0 Å². The molecule has 0 bridgehead atoms. The third-order valence-corrected chi connectivity index (χ3v) is 4.08. The van der Waals surface area contributed by atoms with Gasteiger partial charge in [-0.3, -0.25) is 9.78 Å². The SMILES string of the molecule is CNc1ccncc1C(=O)NCc1cc(Br)cs1. The van der Waals surface area contributed by atoms with E-state index in [0.29, 0.717) is 12.1 Å². The standard InChI is InChI=1S/C12H12BrN3OS/c1-14-11-2-3-15-6-10(11)12(17)16-5-9-4-8(13)7-18-9/h2-4,6-7H,5H2,1H3,(H,14,15)(H,16,17). The molecule has 0 aromatic carbocycles. The van der Waals surface area contributed by atoms with Crippen LogP contribution in [-0.2, 0) is 6.54 Å². The van der Waals surface area contributed by atoms with Gasteiger partial charge in [-0.15, -0.1) is 11.3 Å². The fraction of sp³-hybridized carbons (Fsp3) is 0.167. The van der Waals surface area contributed by atoms with Gasteiger partial charge in [0.2, 0.25) is 0 Å². The van der Waals surface area contributed by atoms with Crippen molar-refractivity contribution in [2.45, 2.75) is 6.54 Å².